The number of benzene rings is 1. The molecule has 1 aromatic rings. The summed E-state index contributed by atoms with van der Waals surface area (Å²) in [5.41, 5.74) is 0.887. The monoisotopic (exact) mass is 246 g/mol. The summed E-state index contributed by atoms with van der Waals surface area (Å²) < 4.78 is 4.87. The second-order valence-corrected chi connectivity index (χ2v) is 3.63. The third-order valence-corrected chi connectivity index (χ3v) is 2.17. The number of esters is 1. The summed E-state index contributed by atoms with van der Waals surface area (Å²) in [6.07, 6.45) is 1.53. The van der Waals surface area contributed by atoms with Crippen LogP contribution in [0.25, 0.3) is 6.08 Å². The Labute approximate surface area is 103 Å². The molecule has 1 aliphatic rings. The van der Waals surface area contributed by atoms with Crippen LogP contribution in [0, 0.1) is 0 Å². The van der Waals surface area contributed by atoms with Crippen molar-refractivity contribution in [1.82, 2.24) is 10.6 Å². The quantitative estimate of drug-likeness (QED) is 0.350. The summed E-state index contributed by atoms with van der Waals surface area (Å²) in [6.45, 7) is 1.31. The van der Waals surface area contributed by atoms with Crippen LogP contribution in [-0.4, -0.2) is 17.9 Å². The predicted molar refractivity (Wildman–Crippen MR) is 62.4 cm³/mol. The Morgan fingerprint density at radius 1 is 1.17 bits per heavy atom. The number of imide groups is 1. The summed E-state index contributed by atoms with van der Waals surface area (Å²) in [6, 6.07) is 6.00. The highest BCUT2D eigenvalue weighted by Crippen LogP contribution is 2.15. The van der Waals surface area contributed by atoms with Crippen LogP contribution in [0.4, 0.5) is 4.79 Å². The Morgan fingerprint density at radius 3 is 2.33 bits per heavy atom. The third kappa shape index (κ3) is 2.73. The van der Waals surface area contributed by atoms with Gasteiger partial charge in [-0.05, 0) is 23.8 Å². The van der Waals surface area contributed by atoms with E-state index in [4.69, 9.17) is 4.74 Å². The molecular formula is C12H10N2O4. The molecule has 0 aliphatic carbocycles. The summed E-state index contributed by atoms with van der Waals surface area (Å²) >= 11 is 0. The van der Waals surface area contributed by atoms with Gasteiger partial charge >= 0.3 is 12.0 Å². The first-order valence-corrected chi connectivity index (χ1v) is 5.17. The molecule has 0 unspecified atom stereocenters. The normalized spacial score (nSPS) is 16.4. The van der Waals surface area contributed by atoms with Gasteiger partial charge in [-0.1, -0.05) is 12.1 Å². The zero-order valence-corrected chi connectivity index (χ0v) is 9.52. The fourth-order valence-electron chi connectivity index (χ4n) is 1.45. The molecule has 1 heterocycles. The molecule has 1 saturated heterocycles. The van der Waals surface area contributed by atoms with Crippen molar-refractivity contribution in [2.45, 2.75) is 6.92 Å². The topological polar surface area (TPSA) is 84.5 Å². The van der Waals surface area contributed by atoms with Gasteiger partial charge in [0.25, 0.3) is 5.91 Å². The van der Waals surface area contributed by atoms with Crippen LogP contribution >= 0.6 is 0 Å². The second kappa shape index (κ2) is 4.70. The molecule has 0 spiro atoms. The molecule has 3 amide bonds. The van der Waals surface area contributed by atoms with Crippen LogP contribution in [-0.2, 0) is 9.59 Å². The highest BCUT2D eigenvalue weighted by Gasteiger charge is 2.22. The van der Waals surface area contributed by atoms with E-state index < -0.39 is 17.9 Å². The number of ether oxygens (including phenoxy) is 1. The summed E-state index contributed by atoms with van der Waals surface area (Å²) in [5, 5.41) is 4.47. The van der Waals surface area contributed by atoms with Gasteiger partial charge in [0.2, 0.25) is 0 Å². The van der Waals surface area contributed by atoms with Gasteiger partial charge < -0.3 is 10.1 Å². The Morgan fingerprint density at radius 2 is 1.83 bits per heavy atom. The van der Waals surface area contributed by atoms with Gasteiger partial charge in [0.1, 0.15) is 11.4 Å². The minimum absolute atomic E-state index is 0.181. The molecule has 1 aromatic carbocycles. The molecule has 0 atom stereocenters. The van der Waals surface area contributed by atoms with Crippen LogP contribution in [0.3, 0.4) is 0 Å². The lowest BCUT2D eigenvalue weighted by Gasteiger charge is -2.01. The fraction of sp³-hybridized carbons (Fsp3) is 0.0833. The van der Waals surface area contributed by atoms with E-state index in [0.717, 1.165) is 0 Å². The number of urea groups is 1. The van der Waals surface area contributed by atoms with Crippen molar-refractivity contribution in [2.75, 3.05) is 0 Å². The molecule has 92 valence electrons. The first kappa shape index (κ1) is 11.8. The van der Waals surface area contributed by atoms with Crippen molar-refractivity contribution < 1.29 is 19.1 Å². The van der Waals surface area contributed by atoms with Crippen molar-refractivity contribution in [3.63, 3.8) is 0 Å². The molecule has 6 heteroatoms. The Hall–Kier alpha value is -2.63. The predicted octanol–water partition coefficient (Wildman–Crippen LogP) is 0.792. The van der Waals surface area contributed by atoms with E-state index in [1.807, 2.05) is 0 Å². The molecule has 6 nitrogen and oxygen atoms in total. The van der Waals surface area contributed by atoms with Crippen molar-refractivity contribution in [1.29, 1.82) is 0 Å². The van der Waals surface area contributed by atoms with E-state index in [2.05, 4.69) is 10.6 Å². The lowest BCUT2D eigenvalue weighted by Crippen LogP contribution is -2.22. The Kier molecular flexibility index (Phi) is 3.09. The molecule has 1 fully saturated rings. The van der Waals surface area contributed by atoms with Crippen LogP contribution in [0.2, 0.25) is 0 Å². The molecule has 0 bridgehead atoms. The number of hydrogen-bond acceptors (Lipinski definition) is 4. The minimum atomic E-state index is -0.539. The number of carbonyl (C=O) groups is 3. The Balaban J connectivity index is 2.15. The van der Waals surface area contributed by atoms with E-state index in [1.165, 1.54) is 13.0 Å². The molecule has 2 N–H and O–H groups in total. The molecule has 0 radical (unpaired) electrons. The zero-order valence-electron chi connectivity index (χ0n) is 9.52. The third-order valence-electron chi connectivity index (χ3n) is 2.17. The van der Waals surface area contributed by atoms with Gasteiger partial charge in [0.05, 0.1) is 0 Å². The fourth-order valence-corrected chi connectivity index (χ4v) is 1.45. The van der Waals surface area contributed by atoms with E-state index >= 15 is 0 Å². The number of rotatable bonds is 2. The summed E-state index contributed by atoms with van der Waals surface area (Å²) in [5.74, 6) is -0.447. The van der Waals surface area contributed by atoms with Crippen molar-refractivity contribution in [3.05, 3.63) is 35.5 Å². The molecule has 1 aliphatic heterocycles. The van der Waals surface area contributed by atoms with E-state index in [9.17, 15) is 14.4 Å². The maximum absolute atomic E-state index is 11.3. The van der Waals surface area contributed by atoms with Crippen LogP contribution in [0.1, 0.15) is 12.5 Å². The molecule has 18 heavy (non-hydrogen) atoms. The minimum Gasteiger partial charge on any atom is -0.427 e. The standard InChI is InChI=1S/C12H10N2O4/c1-7(15)18-9-4-2-8(3-5-9)6-10-11(16)14-12(17)13-10/h2-6H,1H3,(H2,13,14,16,17). The average Bonchev–Trinajstić information content (AvgIpc) is 2.59. The molecular weight excluding hydrogens is 236 g/mol. The lowest BCUT2D eigenvalue weighted by molar-refractivity contribution is -0.131. The molecule has 0 saturated carbocycles. The number of nitrogens with one attached hydrogen (secondary N) is 2. The first-order chi connectivity index (χ1) is 8.54. The Bertz CT molecular complexity index is 546. The van der Waals surface area contributed by atoms with Gasteiger partial charge in [-0.3, -0.25) is 14.9 Å². The lowest BCUT2D eigenvalue weighted by atomic mass is 10.2. The number of carbonyl (C=O) groups excluding carboxylic acids is 3. The van der Waals surface area contributed by atoms with Gasteiger partial charge in [0.15, 0.2) is 0 Å². The van der Waals surface area contributed by atoms with Gasteiger partial charge in [0, 0.05) is 6.92 Å². The van der Waals surface area contributed by atoms with E-state index in [1.54, 1.807) is 24.3 Å². The van der Waals surface area contributed by atoms with Crippen molar-refractivity contribution >= 4 is 24.0 Å². The highest BCUT2D eigenvalue weighted by atomic mass is 16.5. The zero-order chi connectivity index (χ0) is 13.1. The smallest absolute Gasteiger partial charge is 0.326 e. The molecule has 2 rings (SSSR count). The van der Waals surface area contributed by atoms with Crippen LogP contribution < -0.4 is 15.4 Å². The van der Waals surface area contributed by atoms with Crippen LogP contribution in [0.15, 0.2) is 30.0 Å². The maximum atomic E-state index is 11.3. The van der Waals surface area contributed by atoms with E-state index in [0.29, 0.717) is 11.3 Å². The number of hydrogen-bond donors (Lipinski definition) is 2. The van der Waals surface area contributed by atoms with Gasteiger partial charge in [-0.2, -0.15) is 0 Å². The first-order valence-electron chi connectivity index (χ1n) is 5.17. The highest BCUT2D eigenvalue weighted by molar-refractivity contribution is 6.13. The summed E-state index contributed by atoms with van der Waals surface area (Å²) in [7, 11) is 0. The second-order valence-electron chi connectivity index (χ2n) is 3.63. The van der Waals surface area contributed by atoms with Gasteiger partial charge in [-0.25, -0.2) is 4.79 Å². The van der Waals surface area contributed by atoms with Crippen molar-refractivity contribution in [2.24, 2.45) is 0 Å². The van der Waals surface area contributed by atoms with Crippen molar-refractivity contribution in [3.8, 4) is 5.75 Å². The van der Waals surface area contributed by atoms with E-state index in [-0.39, 0.29) is 5.70 Å². The van der Waals surface area contributed by atoms with Crippen LogP contribution in [0.5, 0.6) is 5.75 Å². The maximum Gasteiger partial charge on any atom is 0.326 e. The largest absolute Gasteiger partial charge is 0.427 e. The SMILES string of the molecule is CC(=O)Oc1ccc(C=C2NC(=O)NC2=O)cc1. The average molecular weight is 246 g/mol. The molecule has 0 aromatic heterocycles. The summed E-state index contributed by atoms with van der Waals surface area (Å²) in [4.78, 5) is 32.9. The number of amides is 3. The van der Waals surface area contributed by atoms with Gasteiger partial charge in [-0.15, -0.1) is 0 Å².